The first-order chi connectivity index (χ1) is 0. The molecule has 0 aromatic carbocycles. The van der Waals surface area contributed by atoms with Gasteiger partial charge in [0.2, 0.25) is 0 Å². The van der Waals surface area contributed by atoms with Gasteiger partial charge in [-0.25, -0.2) is 0 Å². The van der Waals surface area contributed by atoms with Crippen molar-refractivity contribution in [3.05, 3.63) is 0 Å². The molecule has 33 valence electrons. The standard InChI is InChI=1S/Cr.Fe.Mg.3O/q+3;2*+2;3*-2. The predicted molar refractivity (Wildman–Crippen MR) is 7.81 cm³/mol. The van der Waals surface area contributed by atoms with E-state index >= 15 is 0 Å². The molecule has 0 aliphatic rings. The van der Waals surface area contributed by atoms with Gasteiger partial charge in [-0.05, 0) is 0 Å². The molecule has 0 aliphatic carbocycles. The van der Waals surface area contributed by atoms with E-state index in [4.69, 9.17) is 0 Å². The van der Waals surface area contributed by atoms with Crippen LogP contribution < -0.4 is 0 Å². The molecule has 0 fully saturated rings. The summed E-state index contributed by atoms with van der Waals surface area (Å²) in [5.74, 6) is 0. The number of rotatable bonds is 0. The van der Waals surface area contributed by atoms with Gasteiger partial charge in [0.25, 0.3) is 0 Å². The Labute approximate surface area is 73.5 Å². The van der Waals surface area contributed by atoms with Crippen molar-refractivity contribution >= 4 is 23.1 Å². The molecule has 0 saturated heterocycles. The van der Waals surface area contributed by atoms with Crippen molar-refractivity contribution in [1.82, 2.24) is 0 Å². The second-order valence-electron chi connectivity index (χ2n) is 0. The molecule has 0 spiro atoms. The zero-order valence-corrected chi connectivity index (χ0v) is 6.49. The van der Waals surface area contributed by atoms with E-state index in [1.165, 1.54) is 0 Å². The Hall–Kier alpha value is 1.70. The second-order valence-corrected chi connectivity index (χ2v) is 0. The molecule has 3 nitrogen and oxygen atoms in total. The van der Waals surface area contributed by atoms with E-state index in [0.717, 1.165) is 0 Å². The van der Waals surface area contributed by atoms with E-state index in [0.29, 0.717) is 0 Å². The van der Waals surface area contributed by atoms with Crippen molar-refractivity contribution in [3.8, 4) is 0 Å². The number of hydrogen-bond acceptors (Lipinski definition) is 0. The molecule has 0 amide bonds. The van der Waals surface area contributed by atoms with Crippen LogP contribution >= 0.6 is 0 Å². The Morgan fingerprint density at radius 1 is 0.667 bits per heavy atom. The molecule has 0 aliphatic heterocycles. The molecule has 6 heavy (non-hydrogen) atoms. The predicted octanol–water partition coefficient (Wildman–Crippen LogP) is -0.742. The van der Waals surface area contributed by atoms with Crippen LogP contribution in [0.2, 0.25) is 0 Å². The van der Waals surface area contributed by atoms with Crippen molar-refractivity contribution in [2.75, 3.05) is 0 Å². The van der Waals surface area contributed by atoms with Gasteiger partial charge in [0.1, 0.15) is 0 Å². The van der Waals surface area contributed by atoms with Crippen LogP contribution in [-0.2, 0) is 50.9 Å². The summed E-state index contributed by atoms with van der Waals surface area (Å²) in [6.45, 7) is 0. The van der Waals surface area contributed by atoms with E-state index in [9.17, 15) is 0 Å². The Bertz CT molecular complexity index is 10.8. The van der Waals surface area contributed by atoms with Gasteiger partial charge >= 0.3 is 57.5 Å². The molecule has 0 bridgehead atoms. The van der Waals surface area contributed by atoms with Crippen LogP contribution in [0.5, 0.6) is 0 Å². The first-order valence-corrected chi connectivity index (χ1v) is 0. The maximum Gasteiger partial charge on any atom is 3.00 e. The van der Waals surface area contributed by atoms with Crippen LogP contribution in [0, 0.1) is 0 Å². The quantitative estimate of drug-likeness (QED) is 0.439. The fourth-order valence-corrected chi connectivity index (χ4v) is 0. The fraction of sp³-hybridized carbons (Fsp3) is 0. The molecule has 6 heteroatoms. The summed E-state index contributed by atoms with van der Waals surface area (Å²) in [5, 5.41) is 0. The minimum Gasteiger partial charge on any atom is -2.00 e. The Balaban J connectivity index is 0. The van der Waals surface area contributed by atoms with Crippen molar-refractivity contribution < 1.29 is 50.9 Å². The Morgan fingerprint density at radius 3 is 0.667 bits per heavy atom. The van der Waals surface area contributed by atoms with E-state index < -0.39 is 0 Å². The molecule has 0 atom stereocenters. The third-order valence-corrected chi connectivity index (χ3v) is 0. The molecule has 0 heterocycles. The van der Waals surface area contributed by atoms with Gasteiger partial charge in [0, 0.05) is 0 Å². The maximum absolute atomic E-state index is 0. The summed E-state index contributed by atoms with van der Waals surface area (Å²) in [6, 6.07) is 0. The minimum absolute atomic E-state index is 0. The smallest absolute Gasteiger partial charge is 2.00 e. The van der Waals surface area contributed by atoms with Crippen LogP contribution in [0.25, 0.3) is 0 Å². The molecule has 0 N–H and O–H groups in total. The molecule has 0 saturated carbocycles. The third-order valence-electron chi connectivity index (χ3n) is 0. The van der Waals surface area contributed by atoms with Gasteiger partial charge in [-0.3, -0.25) is 0 Å². The maximum atomic E-state index is 0. The van der Waals surface area contributed by atoms with Crippen molar-refractivity contribution in [2.24, 2.45) is 0 Å². The molecular weight excluding hydrogens is 180 g/mol. The molecule has 0 aromatic heterocycles. The summed E-state index contributed by atoms with van der Waals surface area (Å²) < 4.78 is 0. The molecule has 1 radical (unpaired) electrons. The minimum atomic E-state index is 0. The van der Waals surface area contributed by atoms with Crippen molar-refractivity contribution in [2.45, 2.75) is 0 Å². The molecule has 0 rings (SSSR count). The van der Waals surface area contributed by atoms with Crippen LogP contribution in [0.1, 0.15) is 0 Å². The number of hydrogen-bond donors (Lipinski definition) is 0. The van der Waals surface area contributed by atoms with Gasteiger partial charge < -0.3 is 16.4 Å². The normalized spacial score (nSPS) is 0. The first-order valence-electron chi connectivity index (χ1n) is 0. The van der Waals surface area contributed by atoms with E-state index in [1.54, 1.807) is 0 Å². The van der Waals surface area contributed by atoms with Crippen molar-refractivity contribution in [1.29, 1.82) is 0 Å². The second kappa shape index (κ2) is 75.4. The Morgan fingerprint density at radius 2 is 0.667 bits per heavy atom. The fourth-order valence-electron chi connectivity index (χ4n) is 0. The third kappa shape index (κ3) is 43.6. The summed E-state index contributed by atoms with van der Waals surface area (Å²) in [6.07, 6.45) is 0. The molecule has 0 aromatic rings. The topological polar surface area (TPSA) is 85.5 Å². The largest absolute Gasteiger partial charge is 3.00 e. The van der Waals surface area contributed by atoms with E-state index in [-0.39, 0.29) is 73.9 Å². The van der Waals surface area contributed by atoms with Gasteiger partial charge in [-0.1, -0.05) is 0 Å². The van der Waals surface area contributed by atoms with E-state index in [2.05, 4.69) is 0 Å². The average molecular weight is 180 g/mol. The molecule has 0 unspecified atom stereocenters. The zero-order chi connectivity index (χ0) is 0. The summed E-state index contributed by atoms with van der Waals surface area (Å²) in [5.41, 5.74) is 0. The monoisotopic (exact) mass is 180 g/mol. The molecular formula is CrFeMgO3+. The summed E-state index contributed by atoms with van der Waals surface area (Å²) >= 11 is 0. The summed E-state index contributed by atoms with van der Waals surface area (Å²) in [4.78, 5) is 0. The SMILES string of the molecule is [Cr+3].[Fe+2].[Mg+2].[O-2].[O-2].[O-2]. The van der Waals surface area contributed by atoms with Crippen molar-refractivity contribution in [3.63, 3.8) is 0 Å². The van der Waals surface area contributed by atoms with Crippen LogP contribution in [-0.4, -0.2) is 23.1 Å². The zero-order valence-electron chi connectivity index (χ0n) is 2.69. The van der Waals surface area contributed by atoms with Gasteiger partial charge in [0.15, 0.2) is 0 Å². The van der Waals surface area contributed by atoms with Crippen LogP contribution in [0.15, 0.2) is 0 Å². The van der Waals surface area contributed by atoms with Crippen LogP contribution in [0.3, 0.4) is 0 Å². The van der Waals surface area contributed by atoms with Gasteiger partial charge in [-0.15, -0.1) is 0 Å². The van der Waals surface area contributed by atoms with Gasteiger partial charge in [0.05, 0.1) is 0 Å². The van der Waals surface area contributed by atoms with Gasteiger partial charge in [-0.2, -0.15) is 0 Å². The van der Waals surface area contributed by atoms with E-state index in [1.807, 2.05) is 0 Å². The Kier molecular flexibility index (Phi) is 1510. The average Bonchev–Trinajstić information content (AvgIpc) is 0. The van der Waals surface area contributed by atoms with Crippen LogP contribution in [0.4, 0.5) is 0 Å². The summed E-state index contributed by atoms with van der Waals surface area (Å²) in [7, 11) is 0. The first kappa shape index (κ1) is 120.